The van der Waals surface area contributed by atoms with Crippen LogP contribution in [0.15, 0.2) is 18.2 Å². The van der Waals surface area contributed by atoms with Gasteiger partial charge in [0.15, 0.2) is 0 Å². The van der Waals surface area contributed by atoms with Gasteiger partial charge < -0.3 is 5.32 Å². The Bertz CT molecular complexity index is 471. The normalized spacial score (nSPS) is 21.3. The molecule has 1 aliphatic carbocycles. The van der Waals surface area contributed by atoms with Crippen molar-refractivity contribution in [2.45, 2.75) is 77.7 Å². The SMILES string of the molecule is CCNC(CC)c1ccc2c(c1)C(C)(C)CCC2(C)C. The van der Waals surface area contributed by atoms with Crippen LogP contribution in [0, 0.1) is 0 Å². The molecule has 2 rings (SSSR count). The van der Waals surface area contributed by atoms with Crippen LogP contribution in [0.3, 0.4) is 0 Å². The van der Waals surface area contributed by atoms with E-state index >= 15 is 0 Å². The van der Waals surface area contributed by atoms with Crippen LogP contribution >= 0.6 is 0 Å². The molecular weight excluding hydrogens is 242 g/mol. The van der Waals surface area contributed by atoms with Gasteiger partial charge in [-0.1, -0.05) is 59.7 Å². The first-order valence-electron chi connectivity index (χ1n) is 8.20. The van der Waals surface area contributed by atoms with E-state index < -0.39 is 0 Å². The second-order valence-corrected chi connectivity index (χ2v) is 7.59. The highest BCUT2D eigenvalue weighted by Gasteiger charge is 2.37. The first-order chi connectivity index (χ1) is 9.31. The molecule has 112 valence electrons. The second-order valence-electron chi connectivity index (χ2n) is 7.59. The van der Waals surface area contributed by atoms with Gasteiger partial charge in [0.1, 0.15) is 0 Å². The molecule has 0 radical (unpaired) electrons. The predicted molar refractivity (Wildman–Crippen MR) is 88.4 cm³/mol. The van der Waals surface area contributed by atoms with Gasteiger partial charge in [-0.2, -0.15) is 0 Å². The van der Waals surface area contributed by atoms with Gasteiger partial charge in [0.25, 0.3) is 0 Å². The van der Waals surface area contributed by atoms with Crippen molar-refractivity contribution in [1.29, 1.82) is 0 Å². The lowest BCUT2D eigenvalue weighted by Gasteiger charge is -2.42. The summed E-state index contributed by atoms with van der Waals surface area (Å²) in [4.78, 5) is 0. The van der Waals surface area contributed by atoms with Crippen LogP contribution in [-0.2, 0) is 10.8 Å². The zero-order valence-corrected chi connectivity index (χ0v) is 14.1. The zero-order valence-electron chi connectivity index (χ0n) is 14.1. The van der Waals surface area contributed by atoms with Crippen molar-refractivity contribution < 1.29 is 0 Å². The van der Waals surface area contributed by atoms with Gasteiger partial charge in [-0.15, -0.1) is 0 Å². The number of rotatable bonds is 4. The molecule has 20 heavy (non-hydrogen) atoms. The molecule has 1 heteroatoms. The molecule has 1 aliphatic rings. The lowest BCUT2D eigenvalue weighted by molar-refractivity contribution is 0.331. The molecule has 0 heterocycles. The summed E-state index contributed by atoms with van der Waals surface area (Å²) in [6, 6.07) is 7.71. The Labute approximate surface area is 125 Å². The predicted octanol–water partition coefficient (Wildman–Crippen LogP) is 5.10. The molecule has 1 atom stereocenters. The average Bonchev–Trinajstić information content (AvgIpc) is 2.41. The molecule has 0 amide bonds. The molecule has 1 nitrogen and oxygen atoms in total. The Balaban J connectivity index is 2.48. The van der Waals surface area contributed by atoms with Gasteiger partial charge in [0.2, 0.25) is 0 Å². The Kier molecular flexibility index (Phi) is 4.30. The van der Waals surface area contributed by atoms with E-state index in [4.69, 9.17) is 0 Å². The maximum atomic E-state index is 3.60. The lowest BCUT2D eigenvalue weighted by Crippen LogP contribution is -2.34. The van der Waals surface area contributed by atoms with Gasteiger partial charge >= 0.3 is 0 Å². The molecule has 0 saturated carbocycles. The zero-order chi connectivity index (χ0) is 15.0. The molecule has 0 bridgehead atoms. The summed E-state index contributed by atoms with van der Waals surface area (Å²) >= 11 is 0. The van der Waals surface area contributed by atoms with Crippen LogP contribution in [0.5, 0.6) is 0 Å². The third-order valence-corrected chi connectivity index (χ3v) is 5.14. The topological polar surface area (TPSA) is 12.0 Å². The average molecular weight is 273 g/mol. The molecule has 1 unspecified atom stereocenters. The van der Waals surface area contributed by atoms with Gasteiger partial charge in [-0.25, -0.2) is 0 Å². The smallest absolute Gasteiger partial charge is 0.0317 e. The lowest BCUT2D eigenvalue weighted by atomic mass is 9.63. The molecule has 0 aromatic heterocycles. The minimum atomic E-state index is 0.311. The highest BCUT2D eigenvalue weighted by atomic mass is 14.9. The Hall–Kier alpha value is -0.820. The molecule has 1 aromatic rings. The summed E-state index contributed by atoms with van der Waals surface area (Å²) in [6.45, 7) is 15.1. The van der Waals surface area contributed by atoms with Gasteiger partial charge in [0.05, 0.1) is 0 Å². The number of hydrogen-bond acceptors (Lipinski definition) is 1. The molecule has 0 fully saturated rings. The number of nitrogens with one attached hydrogen (secondary N) is 1. The number of fused-ring (bicyclic) bond motifs is 1. The maximum Gasteiger partial charge on any atom is 0.0317 e. The molecular formula is C19H31N. The third kappa shape index (κ3) is 2.79. The van der Waals surface area contributed by atoms with Gasteiger partial charge in [-0.3, -0.25) is 0 Å². The van der Waals surface area contributed by atoms with E-state index in [-0.39, 0.29) is 0 Å². The van der Waals surface area contributed by atoms with E-state index in [9.17, 15) is 0 Å². The van der Waals surface area contributed by atoms with E-state index in [1.165, 1.54) is 18.4 Å². The molecule has 1 aromatic carbocycles. The monoisotopic (exact) mass is 273 g/mol. The summed E-state index contributed by atoms with van der Waals surface area (Å²) in [6.07, 6.45) is 3.72. The van der Waals surface area contributed by atoms with E-state index in [1.807, 2.05) is 0 Å². The molecule has 1 N–H and O–H groups in total. The first kappa shape index (κ1) is 15.6. The quantitative estimate of drug-likeness (QED) is 0.805. The largest absolute Gasteiger partial charge is 0.310 e. The number of benzene rings is 1. The Morgan fingerprint density at radius 2 is 1.60 bits per heavy atom. The minimum Gasteiger partial charge on any atom is -0.310 e. The maximum absolute atomic E-state index is 3.60. The standard InChI is InChI=1S/C19H31N/c1-7-17(20-8-2)14-9-10-15-16(13-14)19(5,6)12-11-18(15,3)4/h9-10,13,17,20H,7-8,11-12H2,1-6H3. The first-order valence-corrected chi connectivity index (χ1v) is 8.20. The van der Waals surface area contributed by atoms with Crippen LogP contribution < -0.4 is 5.32 Å². The fourth-order valence-corrected chi connectivity index (χ4v) is 3.57. The van der Waals surface area contributed by atoms with Crippen molar-refractivity contribution in [3.8, 4) is 0 Å². The molecule has 0 spiro atoms. The van der Waals surface area contributed by atoms with Crippen LogP contribution in [0.25, 0.3) is 0 Å². The van der Waals surface area contributed by atoms with Crippen molar-refractivity contribution >= 4 is 0 Å². The highest BCUT2D eigenvalue weighted by Crippen LogP contribution is 2.46. The van der Waals surface area contributed by atoms with Crippen molar-refractivity contribution in [3.63, 3.8) is 0 Å². The van der Waals surface area contributed by atoms with Crippen molar-refractivity contribution in [2.75, 3.05) is 6.54 Å². The summed E-state index contributed by atoms with van der Waals surface area (Å²) in [7, 11) is 0. The fourth-order valence-electron chi connectivity index (χ4n) is 3.57. The van der Waals surface area contributed by atoms with E-state index in [0.717, 1.165) is 13.0 Å². The third-order valence-electron chi connectivity index (χ3n) is 5.14. The fraction of sp³-hybridized carbons (Fsp3) is 0.684. The summed E-state index contributed by atoms with van der Waals surface area (Å²) < 4.78 is 0. The van der Waals surface area contributed by atoms with Crippen molar-refractivity contribution in [2.24, 2.45) is 0 Å². The van der Waals surface area contributed by atoms with Crippen molar-refractivity contribution in [3.05, 3.63) is 34.9 Å². The summed E-state index contributed by atoms with van der Waals surface area (Å²) in [5, 5.41) is 3.60. The van der Waals surface area contributed by atoms with E-state index in [1.54, 1.807) is 11.1 Å². The molecule has 0 saturated heterocycles. The van der Waals surface area contributed by atoms with Gasteiger partial charge in [0, 0.05) is 6.04 Å². The highest BCUT2D eigenvalue weighted by molar-refractivity contribution is 5.44. The van der Waals surface area contributed by atoms with Crippen LogP contribution in [-0.4, -0.2) is 6.54 Å². The summed E-state index contributed by atoms with van der Waals surface area (Å²) in [5.41, 5.74) is 5.22. The van der Waals surface area contributed by atoms with E-state index in [2.05, 4.69) is 65.1 Å². The minimum absolute atomic E-state index is 0.311. The van der Waals surface area contributed by atoms with Gasteiger partial charge in [-0.05, 0) is 53.3 Å². The van der Waals surface area contributed by atoms with Crippen LogP contribution in [0.4, 0.5) is 0 Å². The Morgan fingerprint density at radius 3 is 2.15 bits per heavy atom. The second kappa shape index (κ2) is 5.52. The Morgan fingerprint density at radius 1 is 1.00 bits per heavy atom. The van der Waals surface area contributed by atoms with Crippen LogP contribution in [0.2, 0.25) is 0 Å². The summed E-state index contributed by atoms with van der Waals surface area (Å²) in [5.74, 6) is 0. The van der Waals surface area contributed by atoms with E-state index in [0.29, 0.717) is 16.9 Å². The van der Waals surface area contributed by atoms with Crippen molar-refractivity contribution in [1.82, 2.24) is 5.32 Å². The van der Waals surface area contributed by atoms with Crippen LogP contribution in [0.1, 0.15) is 83.5 Å². The molecule has 0 aliphatic heterocycles. The number of hydrogen-bond donors (Lipinski definition) is 1.